The van der Waals surface area contributed by atoms with E-state index in [0.717, 1.165) is 62.7 Å². The van der Waals surface area contributed by atoms with Crippen LogP contribution in [0.3, 0.4) is 0 Å². The van der Waals surface area contributed by atoms with E-state index in [4.69, 9.17) is 0 Å². The molecule has 0 spiro atoms. The molecule has 0 aliphatic carbocycles. The van der Waals surface area contributed by atoms with E-state index >= 15 is 0 Å². The van der Waals surface area contributed by atoms with Gasteiger partial charge in [-0.2, -0.15) is 0 Å². The first-order chi connectivity index (χ1) is 14.4. The Balaban J connectivity index is 2.93. The summed E-state index contributed by atoms with van der Waals surface area (Å²) in [6.07, 6.45) is 8.04. The molecule has 0 aliphatic heterocycles. The van der Waals surface area contributed by atoms with Gasteiger partial charge in [-0.05, 0) is 74.6 Å². The van der Waals surface area contributed by atoms with E-state index in [9.17, 15) is 9.81 Å². The quantitative estimate of drug-likeness (QED) is 0.202. The van der Waals surface area contributed by atoms with Gasteiger partial charge in [-0.1, -0.05) is 54.4 Å². The molecule has 30 heavy (non-hydrogen) atoms. The van der Waals surface area contributed by atoms with Crippen molar-refractivity contribution in [3.05, 3.63) is 34.1 Å². The molecule has 0 aliphatic rings. The number of rotatable bonds is 16. The molecule has 0 saturated heterocycles. The Hall–Kier alpha value is -1.98. The number of hydrogen-bond donors (Lipinski definition) is 0. The highest BCUT2D eigenvalue weighted by Gasteiger charge is 2.22. The van der Waals surface area contributed by atoms with Crippen molar-refractivity contribution in [1.82, 2.24) is 0 Å². The second-order valence-electron chi connectivity index (χ2n) is 8.67. The van der Waals surface area contributed by atoms with Gasteiger partial charge >= 0.3 is 0 Å². The van der Waals surface area contributed by atoms with Gasteiger partial charge in [0, 0.05) is 0 Å². The lowest BCUT2D eigenvalue weighted by atomic mass is 9.97. The summed E-state index contributed by atoms with van der Waals surface area (Å²) in [5.74, 6) is 1.28. The minimum atomic E-state index is 0.0848. The highest BCUT2D eigenvalue weighted by atomic mass is 16.3. The van der Waals surface area contributed by atoms with Crippen molar-refractivity contribution in [2.24, 2.45) is 22.4 Å². The standard InChI is InChI=1S/C24H42N4O2/c1-7-19(5)11-13-21(9-3)27(25-29)23-15-17-24(18-16-23)28(26-30)22(10-4)14-12-20(6)8-2/h15-22H,7-14H2,1-6H3. The maximum atomic E-state index is 11.6. The van der Waals surface area contributed by atoms with Crippen molar-refractivity contribution in [2.75, 3.05) is 10.0 Å². The van der Waals surface area contributed by atoms with Crippen molar-refractivity contribution in [1.29, 1.82) is 0 Å². The third-order valence-electron chi connectivity index (χ3n) is 6.57. The van der Waals surface area contributed by atoms with Gasteiger partial charge in [0.05, 0.1) is 34.0 Å². The van der Waals surface area contributed by atoms with E-state index in [1.165, 1.54) is 0 Å². The van der Waals surface area contributed by atoms with Crippen LogP contribution in [0, 0.1) is 21.6 Å². The van der Waals surface area contributed by atoms with Gasteiger partial charge in [-0.3, -0.25) is 0 Å². The second-order valence-corrected chi connectivity index (χ2v) is 8.67. The summed E-state index contributed by atoms with van der Waals surface area (Å²) in [4.78, 5) is 23.2. The predicted octanol–water partition coefficient (Wildman–Crippen LogP) is 7.87. The largest absolute Gasteiger partial charge is 0.226 e. The van der Waals surface area contributed by atoms with E-state index < -0.39 is 0 Å². The predicted molar refractivity (Wildman–Crippen MR) is 129 cm³/mol. The number of hydrogen-bond acceptors (Lipinski definition) is 4. The van der Waals surface area contributed by atoms with Crippen molar-refractivity contribution < 1.29 is 0 Å². The summed E-state index contributed by atoms with van der Waals surface area (Å²) in [6, 6.07) is 7.68. The normalized spacial score (nSPS) is 15.1. The lowest BCUT2D eigenvalue weighted by Gasteiger charge is -2.28. The fourth-order valence-corrected chi connectivity index (χ4v) is 3.77. The number of nitroso groups, excluding NO2 is 2. The molecular weight excluding hydrogens is 376 g/mol. The van der Waals surface area contributed by atoms with Gasteiger partial charge in [-0.15, -0.1) is 9.81 Å². The molecule has 0 heterocycles. The molecule has 4 atom stereocenters. The molecule has 0 radical (unpaired) electrons. The van der Waals surface area contributed by atoms with Crippen LogP contribution in [-0.2, 0) is 0 Å². The molecule has 0 amide bonds. The maximum Gasteiger partial charge on any atom is 0.0631 e. The Morgan fingerprint density at radius 3 is 1.20 bits per heavy atom. The molecule has 4 unspecified atom stereocenters. The number of benzene rings is 1. The minimum absolute atomic E-state index is 0.0848. The van der Waals surface area contributed by atoms with E-state index in [-0.39, 0.29) is 12.1 Å². The zero-order chi connectivity index (χ0) is 22.5. The second kappa shape index (κ2) is 14.1. The first-order valence-corrected chi connectivity index (χ1v) is 11.8. The van der Waals surface area contributed by atoms with Crippen LogP contribution in [0.4, 0.5) is 11.4 Å². The Morgan fingerprint density at radius 1 is 0.633 bits per heavy atom. The van der Waals surface area contributed by atoms with Crippen LogP contribution in [0.25, 0.3) is 0 Å². The smallest absolute Gasteiger partial charge is 0.0631 e. The van der Waals surface area contributed by atoms with Crippen LogP contribution >= 0.6 is 0 Å². The number of nitrogens with zero attached hydrogens (tertiary/aromatic N) is 4. The lowest BCUT2D eigenvalue weighted by molar-refractivity contribution is 0.436. The van der Waals surface area contributed by atoms with Gasteiger partial charge in [0.1, 0.15) is 0 Å². The van der Waals surface area contributed by atoms with Crippen molar-refractivity contribution in [3.63, 3.8) is 0 Å². The van der Waals surface area contributed by atoms with E-state index in [0.29, 0.717) is 11.8 Å². The number of anilines is 2. The van der Waals surface area contributed by atoms with Gasteiger partial charge in [0.2, 0.25) is 0 Å². The Bertz CT molecular complexity index is 555. The molecule has 0 saturated carbocycles. The van der Waals surface area contributed by atoms with Crippen molar-refractivity contribution >= 4 is 11.4 Å². The molecule has 0 fully saturated rings. The van der Waals surface area contributed by atoms with Gasteiger partial charge < -0.3 is 0 Å². The van der Waals surface area contributed by atoms with E-state index in [2.05, 4.69) is 52.1 Å². The maximum absolute atomic E-state index is 11.6. The highest BCUT2D eigenvalue weighted by molar-refractivity contribution is 5.56. The first kappa shape index (κ1) is 26.1. The summed E-state index contributed by atoms with van der Waals surface area (Å²) in [5.41, 5.74) is 1.53. The molecular formula is C24H42N4O2. The fourth-order valence-electron chi connectivity index (χ4n) is 3.77. The molecule has 1 aromatic carbocycles. The summed E-state index contributed by atoms with van der Waals surface area (Å²) in [6.45, 7) is 13.1. The SMILES string of the molecule is CCC(C)CCC(CC)N(N=O)c1ccc(N(N=O)C(CC)CCC(C)CC)cc1. The molecule has 170 valence electrons. The van der Waals surface area contributed by atoms with Crippen LogP contribution in [0.5, 0.6) is 0 Å². The molecule has 0 bridgehead atoms. The van der Waals surface area contributed by atoms with E-state index in [1.807, 2.05) is 24.3 Å². The van der Waals surface area contributed by atoms with Crippen LogP contribution < -0.4 is 10.0 Å². The zero-order valence-electron chi connectivity index (χ0n) is 19.9. The van der Waals surface area contributed by atoms with E-state index in [1.54, 1.807) is 10.0 Å². The first-order valence-electron chi connectivity index (χ1n) is 11.8. The molecule has 6 nitrogen and oxygen atoms in total. The Kier molecular flexibility index (Phi) is 12.2. The molecule has 1 rings (SSSR count). The minimum Gasteiger partial charge on any atom is -0.226 e. The third-order valence-corrected chi connectivity index (χ3v) is 6.57. The molecule has 6 heteroatoms. The average Bonchev–Trinajstić information content (AvgIpc) is 2.79. The topological polar surface area (TPSA) is 65.3 Å². The molecule has 1 aromatic rings. The fraction of sp³-hybridized carbons (Fsp3) is 0.750. The monoisotopic (exact) mass is 418 g/mol. The van der Waals surface area contributed by atoms with Gasteiger partial charge in [0.15, 0.2) is 0 Å². The van der Waals surface area contributed by atoms with Crippen LogP contribution in [0.1, 0.15) is 92.9 Å². The molecule has 0 N–H and O–H groups in total. The lowest BCUT2D eigenvalue weighted by Crippen LogP contribution is -2.31. The van der Waals surface area contributed by atoms with Crippen LogP contribution in [-0.4, -0.2) is 12.1 Å². The molecule has 0 aromatic heterocycles. The average molecular weight is 419 g/mol. The van der Waals surface area contributed by atoms with Crippen molar-refractivity contribution in [2.45, 2.75) is 105 Å². The van der Waals surface area contributed by atoms with Crippen molar-refractivity contribution in [3.8, 4) is 0 Å². The Morgan fingerprint density at radius 2 is 0.967 bits per heavy atom. The van der Waals surface area contributed by atoms with Gasteiger partial charge in [-0.25, -0.2) is 10.0 Å². The van der Waals surface area contributed by atoms with Crippen LogP contribution in [0.15, 0.2) is 34.8 Å². The summed E-state index contributed by atoms with van der Waals surface area (Å²) >= 11 is 0. The summed E-state index contributed by atoms with van der Waals surface area (Å²) in [7, 11) is 0. The highest BCUT2D eigenvalue weighted by Crippen LogP contribution is 2.29. The van der Waals surface area contributed by atoms with Gasteiger partial charge in [0.25, 0.3) is 0 Å². The third kappa shape index (κ3) is 7.69. The zero-order valence-corrected chi connectivity index (χ0v) is 19.9. The Labute approximate surface area is 183 Å². The summed E-state index contributed by atoms with van der Waals surface area (Å²) in [5, 5.41) is 9.82. The summed E-state index contributed by atoms with van der Waals surface area (Å²) < 4.78 is 0. The van der Waals surface area contributed by atoms with Crippen LogP contribution in [0.2, 0.25) is 0 Å².